The first-order valence-corrected chi connectivity index (χ1v) is 7.28. The molecule has 0 aromatic rings. The molecule has 0 rings (SSSR count). The molecule has 0 atom stereocenters. The molecule has 13 heteroatoms. The van der Waals surface area contributed by atoms with Crippen molar-refractivity contribution in [3.63, 3.8) is 0 Å². The van der Waals surface area contributed by atoms with Gasteiger partial charge in [0.15, 0.2) is 0 Å². The van der Waals surface area contributed by atoms with Crippen LogP contribution in [0.5, 0.6) is 0 Å². The molecule has 12 nitrogen and oxygen atoms in total. The van der Waals surface area contributed by atoms with E-state index < -0.39 is 49.6 Å². The van der Waals surface area contributed by atoms with Crippen LogP contribution in [0.15, 0.2) is 0 Å². The Balaban J connectivity index is -0.0000000873. The van der Waals surface area contributed by atoms with E-state index in [9.17, 15) is 58.8 Å². The first kappa shape index (κ1) is 37.0. The minimum Gasteiger partial charge on any atom is -0.550 e. The maximum atomic E-state index is 9.83. The van der Waals surface area contributed by atoms with Gasteiger partial charge in [-0.2, -0.15) is 0 Å². The molecular weight excluding hydrogens is 576 g/mol. The van der Waals surface area contributed by atoms with Crippen molar-refractivity contribution < 1.29 is 78.9 Å². The number of carbonyl (C=O) groups is 8. The van der Waals surface area contributed by atoms with Gasteiger partial charge in [-0.3, -0.25) is 19.2 Å². The third-order valence-corrected chi connectivity index (χ3v) is 1.57. The summed E-state index contributed by atoms with van der Waals surface area (Å²) in [5.74, 6) is -6.75. The molecule has 0 unspecified atom stereocenters. The smallest absolute Gasteiger partial charge is 0.135 e. The van der Waals surface area contributed by atoms with Crippen LogP contribution in [0.4, 0.5) is 0 Å². The summed E-state index contributed by atoms with van der Waals surface area (Å²) in [6.45, 7) is 4.82. The van der Waals surface area contributed by atoms with E-state index in [2.05, 4.69) is 0 Å². The van der Waals surface area contributed by atoms with Crippen molar-refractivity contribution in [1.82, 2.24) is 0 Å². The van der Waals surface area contributed by atoms with Crippen molar-refractivity contribution in [1.29, 1.82) is 0 Å². The van der Waals surface area contributed by atoms with Gasteiger partial charge in [0.1, 0.15) is 23.1 Å². The van der Waals surface area contributed by atoms with E-state index in [1.165, 1.54) is 27.7 Å². The predicted molar refractivity (Wildman–Crippen MR) is 81.2 cm³/mol. The van der Waals surface area contributed by atoms with E-state index in [1.807, 2.05) is 0 Å². The zero-order valence-corrected chi connectivity index (χ0v) is 18.5. The Morgan fingerprint density at radius 3 is 0.517 bits per heavy atom. The summed E-state index contributed by atoms with van der Waals surface area (Å²) in [6.07, 6.45) is -1.89. The van der Waals surface area contributed by atoms with Gasteiger partial charge in [-0.1, -0.05) is 0 Å². The molecule has 1 radical (unpaired) electrons. The summed E-state index contributed by atoms with van der Waals surface area (Å²) >= 11 is 0. The zero-order valence-electron chi connectivity index (χ0n) is 16.1. The standard InChI is InChI=1S/4C4H6O3.Ir/c4*1-3(5)2-4(6)7;/h4*2H2,1H3,(H,6,7);/p-4. The van der Waals surface area contributed by atoms with Crippen LogP contribution in [0, 0.1) is 0 Å². The molecule has 0 heterocycles. The van der Waals surface area contributed by atoms with Gasteiger partial charge in [-0.05, 0) is 27.7 Å². The van der Waals surface area contributed by atoms with Crippen LogP contribution >= 0.6 is 0 Å². The second-order valence-electron chi connectivity index (χ2n) is 5.00. The van der Waals surface area contributed by atoms with Crippen molar-refractivity contribution in [3.05, 3.63) is 0 Å². The average Bonchev–Trinajstić information content (AvgIpc) is 2.32. The quantitative estimate of drug-likeness (QED) is 0.240. The Kier molecular flexibility index (Phi) is 29.7. The molecule has 0 bridgehead atoms. The Morgan fingerprint density at radius 2 is 0.517 bits per heavy atom. The second kappa shape index (κ2) is 23.2. The topological polar surface area (TPSA) is 229 Å². The van der Waals surface area contributed by atoms with E-state index in [-0.39, 0.29) is 43.2 Å². The predicted octanol–water partition coefficient (Wildman–Crippen LogP) is -5.14. The Labute approximate surface area is 179 Å². The minimum atomic E-state index is -1.31. The molecule has 0 amide bonds. The fourth-order valence-corrected chi connectivity index (χ4v) is 0.813. The third-order valence-electron chi connectivity index (χ3n) is 1.57. The molecule has 0 fully saturated rings. The van der Waals surface area contributed by atoms with Crippen LogP contribution < -0.4 is 20.4 Å². The summed E-state index contributed by atoms with van der Waals surface area (Å²) in [4.78, 5) is 77.2. The SMILES string of the molecule is CC(=O)CC(=O)[O-].CC(=O)CC(=O)[O-].CC(=O)CC(=O)[O-].CC(=O)CC(=O)[O-].[Ir]. The van der Waals surface area contributed by atoms with Crippen LogP contribution in [-0.4, -0.2) is 47.0 Å². The Morgan fingerprint density at radius 1 is 0.414 bits per heavy atom. The number of rotatable bonds is 8. The van der Waals surface area contributed by atoms with Gasteiger partial charge in [0, 0.05) is 69.7 Å². The minimum absolute atomic E-state index is 0. The molecule has 0 aliphatic rings. The van der Waals surface area contributed by atoms with Crippen LogP contribution in [0.1, 0.15) is 53.4 Å². The number of ketones is 4. The maximum absolute atomic E-state index is 9.83. The average molecular weight is 597 g/mol. The van der Waals surface area contributed by atoms with Gasteiger partial charge < -0.3 is 39.6 Å². The van der Waals surface area contributed by atoms with E-state index in [1.54, 1.807) is 0 Å². The van der Waals surface area contributed by atoms with E-state index in [0.29, 0.717) is 0 Å². The first-order chi connectivity index (χ1) is 12.5. The summed E-state index contributed by atoms with van der Waals surface area (Å²) < 4.78 is 0. The molecule has 0 N–H and O–H groups in total. The Bertz CT molecular complexity index is 443. The van der Waals surface area contributed by atoms with Crippen LogP contribution in [0.3, 0.4) is 0 Å². The first-order valence-electron chi connectivity index (χ1n) is 7.28. The van der Waals surface area contributed by atoms with Crippen LogP contribution in [-0.2, 0) is 58.5 Å². The monoisotopic (exact) mass is 597 g/mol. The number of carboxylic acids is 4. The van der Waals surface area contributed by atoms with Crippen molar-refractivity contribution in [3.8, 4) is 0 Å². The molecular formula is C16H20IrO12-4. The molecule has 0 saturated heterocycles. The summed E-state index contributed by atoms with van der Waals surface area (Å²) in [5, 5.41) is 37.9. The number of carbonyl (C=O) groups excluding carboxylic acids is 8. The maximum Gasteiger partial charge on any atom is 0.135 e. The summed E-state index contributed by atoms with van der Waals surface area (Å²) in [6, 6.07) is 0. The normalized spacial score (nSPS) is 7.86. The molecule has 0 aromatic heterocycles. The molecule has 0 saturated carbocycles. The van der Waals surface area contributed by atoms with Crippen LogP contribution in [0.2, 0.25) is 0 Å². The van der Waals surface area contributed by atoms with Gasteiger partial charge in [-0.25, -0.2) is 0 Å². The molecule has 169 valence electrons. The van der Waals surface area contributed by atoms with Gasteiger partial charge in [0.2, 0.25) is 0 Å². The molecule has 0 aliphatic carbocycles. The third kappa shape index (κ3) is 77.8. The van der Waals surface area contributed by atoms with E-state index >= 15 is 0 Å². The zero-order chi connectivity index (χ0) is 23.4. The van der Waals surface area contributed by atoms with Crippen molar-refractivity contribution in [2.24, 2.45) is 0 Å². The summed E-state index contributed by atoms with van der Waals surface area (Å²) in [7, 11) is 0. The number of hydrogen-bond acceptors (Lipinski definition) is 12. The van der Waals surface area contributed by atoms with Gasteiger partial charge in [-0.15, -0.1) is 0 Å². The van der Waals surface area contributed by atoms with Gasteiger partial charge >= 0.3 is 0 Å². The molecule has 0 aromatic carbocycles. The summed E-state index contributed by atoms with van der Waals surface area (Å²) in [5.41, 5.74) is 0. The van der Waals surface area contributed by atoms with Crippen LogP contribution in [0.25, 0.3) is 0 Å². The molecule has 0 spiro atoms. The van der Waals surface area contributed by atoms with Crippen molar-refractivity contribution in [2.75, 3.05) is 0 Å². The number of hydrogen-bond donors (Lipinski definition) is 0. The second-order valence-corrected chi connectivity index (χ2v) is 5.00. The number of aliphatic carboxylic acids is 4. The van der Waals surface area contributed by atoms with E-state index in [4.69, 9.17) is 0 Å². The largest absolute Gasteiger partial charge is 0.550 e. The number of carboxylic acid groups (broad SMARTS) is 4. The van der Waals surface area contributed by atoms with Gasteiger partial charge in [0.05, 0.1) is 0 Å². The van der Waals surface area contributed by atoms with Gasteiger partial charge in [0.25, 0.3) is 0 Å². The van der Waals surface area contributed by atoms with E-state index in [0.717, 1.165) is 0 Å². The fourth-order valence-electron chi connectivity index (χ4n) is 0.813. The molecule has 0 aliphatic heterocycles. The molecule has 29 heavy (non-hydrogen) atoms. The fraction of sp³-hybridized carbons (Fsp3) is 0.500. The van der Waals surface area contributed by atoms with Crippen molar-refractivity contribution in [2.45, 2.75) is 53.4 Å². The Hall–Kier alpha value is -2.79. The number of Topliss-reactive ketones (excluding diaryl/α,β-unsaturated/α-hetero) is 4. The van der Waals surface area contributed by atoms with Crippen molar-refractivity contribution >= 4 is 47.0 Å².